The van der Waals surface area contributed by atoms with Crippen molar-refractivity contribution in [3.63, 3.8) is 0 Å². The van der Waals surface area contributed by atoms with Gasteiger partial charge < -0.3 is 0 Å². The van der Waals surface area contributed by atoms with Gasteiger partial charge in [-0.3, -0.25) is 0 Å². The minimum Gasteiger partial charge on any atom is -0.193 e. The van der Waals surface area contributed by atoms with Gasteiger partial charge in [-0.15, -0.1) is 11.8 Å². The molecule has 178 valence electrons. The summed E-state index contributed by atoms with van der Waals surface area (Å²) in [5, 5.41) is 9.72. The van der Waals surface area contributed by atoms with E-state index in [-0.39, 0.29) is 0 Å². The van der Waals surface area contributed by atoms with Crippen LogP contribution in [0, 0.1) is 0 Å². The highest BCUT2D eigenvalue weighted by molar-refractivity contribution is 7.99. The normalized spacial score (nSPS) is 17.4. The fourth-order valence-electron chi connectivity index (χ4n) is 4.43. The highest BCUT2D eigenvalue weighted by Crippen LogP contribution is 2.25. The van der Waals surface area contributed by atoms with Crippen LogP contribution in [0.4, 0.5) is 0 Å². The Balaban J connectivity index is 1.84. The summed E-state index contributed by atoms with van der Waals surface area (Å²) in [6, 6.07) is 0. The Hall–Kier alpha value is 0.300. The smallest absolute Gasteiger partial charge is 0.105 e. The summed E-state index contributed by atoms with van der Waals surface area (Å²) in [4.78, 5) is 0. The maximum absolute atomic E-state index is 4.46. The summed E-state index contributed by atoms with van der Waals surface area (Å²) in [5.74, 6) is 1.94. The first-order chi connectivity index (χ1) is 14.9. The molecule has 0 atom stereocenters. The molecule has 0 saturated heterocycles. The summed E-state index contributed by atoms with van der Waals surface area (Å²) in [6.45, 7) is 0.942. The molecule has 1 aliphatic rings. The SMILES string of the molecule is SCCCCCCCCCCCCCC/N=N\CSC1CCCCCCCCCC1. The number of azo groups is 1. The highest BCUT2D eigenvalue weighted by atomic mass is 32.2. The Morgan fingerprint density at radius 2 is 0.967 bits per heavy atom. The van der Waals surface area contributed by atoms with Crippen LogP contribution < -0.4 is 0 Å². The van der Waals surface area contributed by atoms with Crippen molar-refractivity contribution in [2.75, 3.05) is 18.2 Å². The number of thiol groups is 1. The third kappa shape index (κ3) is 20.2. The summed E-state index contributed by atoms with van der Waals surface area (Å²) in [7, 11) is 0. The first-order valence-corrected chi connectivity index (χ1v) is 15.2. The number of unbranched alkanes of at least 4 members (excludes halogenated alkanes) is 11. The Morgan fingerprint density at radius 1 is 0.533 bits per heavy atom. The van der Waals surface area contributed by atoms with Crippen molar-refractivity contribution in [2.24, 2.45) is 10.2 Å². The molecule has 0 unspecified atom stereocenters. The van der Waals surface area contributed by atoms with Crippen LogP contribution in [0.15, 0.2) is 10.2 Å². The highest BCUT2D eigenvalue weighted by Gasteiger charge is 2.09. The summed E-state index contributed by atoms with van der Waals surface area (Å²) < 4.78 is 0. The van der Waals surface area contributed by atoms with Gasteiger partial charge in [-0.25, -0.2) is 0 Å². The van der Waals surface area contributed by atoms with Crippen LogP contribution in [0.3, 0.4) is 0 Å². The Morgan fingerprint density at radius 3 is 1.47 bits per heavy atom. The van der Waals surface area contributed by atoms with Gasteiger partial charge in [-0.1, -0.05) is 116 Å². The molecule has 30 heavy (non-hydrogen) atoms. The summed E-state index contributed by atoms with van der Waals surface area (Å²) in [6.07, 6.45) is 30.9. The lowest BCUT2D eigenvalue weighted by Crippen LogP contribution is -2.03. The Labute approximate surface area is 199 Å². The van der Waals surface area contributed by atoms with E-state index in [1.54, 1.807) is 0 Å². The molecule has 1 saturated carbocycles. The van der Waals surface area contributed by atoms with Crippen LogP contribution in [-0.4, -0.2) is 23.4 Å². The van der Waals surface area contributed by atoms with Crippen molar-refractivity contribution in [2.45, 2.75) is 147 Å². The standard InChI is InChI=1S/C26H52N2S2/c29-24-20-16-12-8-4-2-1-3-7-11-15-19-23-27-28-25-30-26-21-17-13-9-5-6-10-14-18-22-26/h26,29H,1-25H2/b28-27-. The quantitative estimate of drug-likeness (QED) is 0.131. The molecule has 1 fully saturated rings. The molecule has 1 rings (SSSR count). The zero-order chi connectivity index (χ0) is 21.4. The number of thioether (sulfide) groups is 1. The van der Waals surface area contributed by atoms with E-state index in [1.807, 2.05) is 0 Å². The van der Waals surface area contributed by atoms with Gasteiger partial charge >= 0.3 is 0 Å². The van der Waals surface area contributed by atoms with E-state index >= 15 is 0 Å². The van der Waals surface area contributed by atoms with E-state index in [2.05, 4.69) is 34.6 Å². The molecule has 4 heteroatoms. The second kappa shape index (κ2) is 24.0. The van der Waals surface area contributed by atoms with Gasteiger partial charge in [0.2, 0.25) is 0 Å². The minimum absolute atomic E-state index is 0.829. The third-order valence-corrected chi connectivity index (χ3v) is 7.96. The van der Waals surface area contributed by atoms with Crippen LogP contribution in [-0.2, 0) is 0 Å². The first-order valence-electron chi connectivity index (χ1n) is 13.5. The maximum atomic E-state index is 4.46. The summed E-state index contributed by atoms with van der Waals surface area (Å²) >= 11 is 6.34. The second-order valence-electron chi connectivity index (χ2n) is 9.30. The number of hydrogen-bond acceptors (Lipinski definition) is 4. The van der Waals surface area contributed by atoms with E-state index in [0.717, 1.165) is 23.4 Å². The van der Waals surface area contributed by atoms with Crippen molar-refractivity contribution < 1.29 is 0 Å². The topological polar surface area (TPSA) is 24.7 Å². The van der Waals surface area contributed by atoms with Gasteiger partial charge in [-0.05, 0) is 31.4 Å². The van der Waals surface area contributed by atoms with Gasteiger partial charge in [0.1, 0.15) is 5.88 Å². The summed E-state index contributed by atoms with van der Waals surface area (Å²) in [5.41, 5.74) is 0. The molecule has 0 radical (unpaired) electrons. The molecule has 0 N–H and O–H groups in total. The molecule has 2 nitrogen and oxygen atoms in total. The second-order valence-corrected chi connectivity index (χ2v) is 11.0. The molecule has 0 spiro atoms. The average Bonchev–Trinajstić information content (AvgIpc) is 2.82. The van der Waals surface area contributed by atoms with Crippen LogP contribution in [0.2, 0.25) is 0 Å². The van der Waals surface area contributed by atoms with Crippen molar-refractivity contribution in [3.05, 3.63) is 0 Å². The van der Waals surface area contributed by atoms with Crippen molar-refractivity contribution in [1.29, 1.82) is 0 Å². The maximum Gasteiger partial charge on any atom is 0.105 e. The van der Waals surface area contributed by atoms with Crippen LogP contribution >= 0.6 is 24.4 Å². The van der Waals surface area contributed by atoms with Crippen molar-refractivity contribution in [1.82, 2.24) is 0 Å². The van der Waals surface area contributed by atoms with Crippen LogP contribution in [0.25, 0.3) is 0 Å². The van der Waals surface area contributed by atoms with E-state index < -0.39 is 0 Å². The molecule has 0 heterocycles. The number of nitrogens with zero attached hydrogens (tertiary/aromatic N) is 2. The van der Waals surface area contributed by atoms with Gasteiger partial charge in [0.25, 0.3) is 0 Å². The van der Waals surface area contributed by atoms with E-state index in [9.17, 15) is 0 Å². The zero-order valence-electron chi connectivity index (χ0n) is 20.0. The monoisotopic (exact) mass is 456 g/mol. The lowest BCUT2D eigenvalue weighted by Gasteiger charge is -2.14. The van der Waals surface area contributed by atoms with E-state index in [0.29, 0.717) is 0 Å². The zero-order valence-corrected chi connectivity index (χ0v) is 21.7. The molecule has 0 aromatic heterocycles. The number of rotatable bonds is 17. The lowest BCUT2D eigenvalue weighted by molar-refractivity contribution is 0.545. The lowest BCUT2D eigenvalue weighted by atomic mass is 10.1. The van der Waals surface area contributed by atoms with Crippen LogP contribution in [0.1, 0.15) is 141 Å². The Bertz CT molecular complexity index is 351. The first kappa shape index (κ1) is 28.3. The van der Waals surface area contributed by atoms with E-state index in [1.165, 1.54) is 141 Å². The third-order valence-electron chi connectivity index (χ3n) is 6.44. The van der Waals surface area contributed by atoms with Gasteiger partial charge in [0, 0.05) is 5.25 Å². The fraction of sp³-hybridized carbons (Fsp3) is 1.00. The van der Waals surface area contributed by atoms with Gasteiger partial charge in [-0.2, -0.15) is 22.9 Å². The molecule has 0 amide bonds. The van der Waals surface area contributed by atoms with Crippen LogP contribution in [0.5, 0.6) is 0 Å². The molecule has 0 bridgehead atoms. The van der Waals surface area contributed by atoms with Gasteiger partial charge in [0.15, 0.2) is 0 Å². The molecule has 1 aliphatic carbocycles. The molecule has 0 aromatic rings. The van der Waals surface area contributed by atoms with Crippen molar-refractivity contribution >= 4 is 24.4 Å². The minimum atomic E-state index is 0.829. The predicted molar refractivity (Wildman–Crippen MR) is 141 cm³/mol. The molecular formula is C26H52N2S2. The molecular weight excluding hydrogens is 404 g/mol. The van der Waals surface area contributed by atoms with Gasteiger partial charge in [0.05, 0.1) is 6.54 Å². The van der Waals surface area contributed by atoms with Crippen molar-refractivity contribution in [3.8, 4) is 0 Å². The number of hydrogen-bond donors (Lipinski definition) is 1. The molecule has 0 aromatic carbocycles. The fourth-order valence-corrected chi connectivity index (χ4v) is 5.68. The average molecular weight is 457 g/mol. The largest absolute Gasteiger partial charge is 0.193 e. The Kier molecular flexibility index (Phi) is 22.6. The van der Waals surface area contributed by atoms with E-state index in [4.69, 9.17) is 0 Å². The predicted octanol–water partition coefficient (Wildman–Crippen LogP) is 10.0. The molecule has 0 aliphatic heterocycles.